The van der Waals surface area contributed by atoms with E-state index in [1.807, 2.05) is 12.1 Å². The molecule has 3 rings (SSSR count). The molecule has 0 aliphatic carbocycles. The molecule has 2 aliphatic heterocycles. The van der Waals surface area contributed by atoms with Gasteiger partial charge in [-0.15, -0.1) is 0 Å². The van der Waals surface area contributed by atoms with Gasteiger partial charge < -0.3 is 10.0 Å². The molecule has 1 unspecified atom stereocenters. The van der Waals surface area contributed by atoms with Crippen molar-refractivity contribution in [2.24, 2.45) is 0 Å². The lowest BCUT2D eigenvalue weighted by Gasteiger charge is -2.25. The second-order valence-corrected chi connectivity index (χ2v) is 6.87. The van der Waals surface area contributed by atoms with Gasteiger partial charge in [-0.2, -0.15) is 0 Å². The van der Waals surface area contributed by atoms with E-state index in [0.717, 1.165) is 29.2 Å². The molecule has 2 aliphatic rings. The van der Waals surface area contributed by atoms with Crippen molar-refractivity contribution in [2.45, 2.75) is 38.3 Å². The molecule has 1 N–H and O–H groups in total. The van der Waals surface area contributed by atoms with Crippen LogP contribution in [0, 0.1) is 0 Å². The lowest BCUT2D eigenvalue weighted by atomic mass is 10.1. The van der Waals surface area contributed by atoms with Crippen molar-refractivity contribution in [3.63, 3.8) is 0 Å². The summed E-state index contributed by atoms with van der Waals surface area (Å²) < 4.78 is 1.10. The fourth-order valence-corrected chi connectivity index (χ4v) is 4.05. The van der Waals surface area contributed by atoms with E-state index >= 15 is 0 Å². The van der Waals surface area contributed by atoms with E-state index in [1.165, 1.54) is 38.0 Å². The zero-order valence-electron chi connectivity index (χ0n) is 12.1. The van der Waals surface area contributed by atoms with Gasteiger partial charge in [0.25, 0.3) is 0 Å². The van der Waals surface area contributed by atoms with Crippen molar-refractivity contribution in [1.29, 1.82) is 0 Å². The number of anilines is 1. The maximum atomic E-state index is 9.65. The quantitative estimate of drug-likeness (QED) is 0.916. The monoisotopic (exact) mass is 338 g/mol. The predicted molar refractivity (Wildman–Crippen MR) is 86.2 cm³/mol. The summed E-state index contributed by atoms with van der Waals surface area (Å²) >= 11 is 3.66. The molecule has 3 nitrogen and oxygen atoms in total. The Labute approximate surface area is 129 Å². The molecule has 0 bridgehead atoms. The van der Waals surface area contributed by atoms with Gasteiger partial charge in [0.15, 0.2) is 0 Å². The Morgan fingerprint density at radius 2 is 2.00 bits per heavy atom. The summed E-state index contributed by atoms with van der Waals surface area (Å²) in [6, 6.07) is 6.94. The van der Waals surface area contributed by atoms with Crippen molar-refractivity contribution in [2.75, 3.05) is 31.1 Å². The van der Waals surface area contributed by atoms with Crippen LogP contribution in [0.4, 0.5) is 5.69 Å². The average molecular weight is 339 g/mol. The third-order valence-corrected chi connectivity index (χ3v) is 5.25. The molecule has 1 aromatic rings. The van der Waals surface area contributed by atoms with Gasteiger partial charge in [-0.1, -0.05) is 6.07 Å². The van der Waals surface area contributed by atoms with Crippen molar-refractivity contribution in [3.05, 3.63) is 28.2 Å². The number of rotatable bonds is 3. The van der Waals surface area contributed by atoms with Crippen molar-refractivity contribution in [3.8, 4) is 0 Å². The summed E-state index contributed by atoms with van der Waals surface area (Å²) in [6.45, 7) is 6.63. The van der Waals surface area contributed by atoms with Crippen LogP contribution in [0.1, 0.15) is 37.9 Å². The highest BCUT2D eigenvalue weighted by Crippen LogP contribution is 2.33. The Kier molecular flexibility index (Phi) is 4.34. The average Bonchev–Trinajstić information content (AvgIpc) is 3.09. The zero-order valence-corrected chi connectivity index (χ0v) is 13.6. The lowest BCUT2D eigenvalue weighted by molar-refractivity contribution is 0.199. The molecule has 1 aromatic carbocycles. The Bertz CT molecular complexity index is 472. The Hall–Kier alpha value is -0.580. The molecular formula is C16H23BrN2O. The fraction of sp³-hybridized carbons (Fsp3) is 0.625. The normalized spacial score (nSPS) is 25.4. The van der Waals surface area contributed by atoms with Gasteiger partial charge in [0, 0.05) is 23.6 Å². The number of hydrogen-bond donors (Lipinski definition) is 1. The number of benzene rings is 1. The number of hydrogen-bond acceptors (Lipinski definition) is 3. The number of aliphatic hydroxyl groups excluding tert-OH is 1. The first-order chi connectivity index (χ1) is 9.65. The van der Waals surface area contributed by atoms with Gasteiger partial charge in [0.05, 0.1) is 11.8 Å². The van der Waals surface area contributed by atoms with E-state index in [-0.39, 0.29) is 0 Å². The Morgan fingerprint density at radius 1 is 1.25 bits per heavy atom. The molecular weight excluding hydrogens is 316 g/mol. The molecule has 0 spiro atoms. The van der Waals surface area contributed by atoms with Crippen LogP contribution in [-0.2, 0) is 0 Å². The van der Waals surface area contributed by atoms with Gasteiger partial charge in [0.2, 0.25) is 0 Å². The van der Waals surface area contributed by atoms with E-state index in [2.05, 4.69) is 31.8 Å². The van der Waals surface area contributed by atoms with Gasteiger partial charge >= 0.3 is 0 Å². The van der Waals surface area contributed by atoms with Crippen LogP contribution >= 0.6 is 15.9 Å². The van der Waals surface area contributed by atoms with Gasteiger partial charge in [-0.05, 0) is 72.9 Å². The van der Waals surface area contributed by atoms with Crippen LogP contribution in [0.5, 0.6) is 0 Å². The van der Waals surface area contributed by atoms with Crippen LogP contribution in [-0.4, -0.2) is 42.2 Å². The highest BCUT2D eigenvalue weighted by molar-refractivity contribution is 9.10. The molecule has 0 aromatic heterocycles. The van der Waals surface area contributed by atoms with E-state index in [4.69, 9.17) is 0 Å². The summed E-state index contributed by atoms with van der Waals surface area (Å²) in [5.74, 6) is 0. The molecule has 20 heavy (non-hydrogen) atoms. The molecule has 2 atom stereocenters. The zero-order chi connectivity index (χ0) is 14.1. The second kappa shape index (κ2) is 6.04. The molecule has 0 saturated carbocycles. The van der Waals surface area contributed by atoms with Crippen LogP contribution in [0.3, 0.4) is 0 Å². The fourth-order valence-electron chi connectivity index (χ4n) is 3.40. The summed E-state index contributed by atoms with van der Waals surface area (Å²) in [5.41, 5.74) is 2.23. The Balaban J connectivity index is 1.71. The third-order valence-electron chi connectivity index (χ3n) is 4.62. The molecule has 4 heteroatoms. The predicted octanol–water partition coefficient (Wildman–Crippen LogP) is 3.18. The van der Waals surface area contributed by atoms with Crippen molar-refractivity contribution >= 4 is 21.6 Å². The minimum Gasteiger partial charge on any atom is -0.389 e. The molecule has 0 amide bonds. The number of likely N-dealkylation sites (tertiary alicyclic amines) is 1. The first kappa shape index (κ1) is 14.4. The Morgan fingerprint density at radius 3 is 2.65 bits per heavy atom. The number of aliphatic hydroxyl groups is 1. The minimum absolute atomic E-state index is 0.406. The van der Waals surface area contributed by atoms with Crippen molar-refractivity contribution < 1.29 is 5.11 Å². The number of nitrogens with zero attached hydrogens (tertiary/aromatic N) is 2. The van der Waals surface area contributed by atoms with Crippen LogP contribution in [0.2, 0.25) is 0 Å². The van der Waals surface area contributed by atoms with E-state index < -0.39 is 6.10 Å². The molecule has 0 radical (unpaired) electrons. The number of halogens is 1. The van der Waals surface area contributed by atoms with Crippen LogP contribution < -0.4 is 4.90 Å². The van der Waals surface area contributed by atoms with Gasteiger partial charge in [-0.25, -0.2) is 0 Å². The first-order valence-corrected chi connectivity index (χ1v) is 8.41. The topological polar surface area (TPSA) is 26.7 Å². The SMILES string of the molecule is C[C@@H](O)c1ccc(N2CCC(N3CCCC3)C2)c(Br)c1. The summed E-state index contributed by atoms with van der Waals surface area (Å²) in [7, 11) is 0. The van der Waals surface area contributed by atoms with E-state index in [9.17, 15) is 5.11 Å². The molecule has 2 heterocycles. The van der Waals surface area contributed by atoms with Crippen molar-refractivity contribution in [1.82, 2.24) is 4.90 Å². The minimum atomic E-state index is -0.406. The molecule has 2 saturated heterocycles. The maximum Gasteiger partial charge on any atom is 0.0762 e. The van der Waals surface area contributed by atoms with E-state index in [0.29, 0.717) is 0 Å². The van der Waals surface area contributed by atoms with Gasteiger partial charge in [0.1, 0.15) is 0 Å². The second-order valence-electron chi connectivity index (χ2n) is 6.02. The van der Waals surface area contributed by atoms with Crippen LogP contribution in [0.25, 0.3) is 0 Å². The smallest absolute Gasteiger partial charge is 0.0762 e. The third kappa shape index (κ3) is 2.87. The maximum absolute atomic E-state index is 9.65. The summed E-state index contributed by atoms with van der Waals surface area (Å²) in [4.78, 5) is 5.12. The van der Waals surface area contributed by atoms with Gasteiger partial charge in [-0.3, -0.25) is 4.90 Å². The largest absolute Gasteiger partial charge is 0.389 e. The molecule has 110 valence electrons. The van der Waals surface area contributed by atoms with Crippen LogP contribution in [0.15, 0.2) is 22.7 Å². The summed E-state index contributed by atoms with van der Waals surface area (Å²) in [5, 5.41) is 9.65. The van der Waals surface area contributed by atoms with E-state index in [1.54, 1.807) is 6.92 Å². The first-order valence-electron chi connectivity index (χ1n) is 7.61. The highest BCUT2D eigenvalue weighted by Gasteiger charge is 2.30. The lowest BCUT2D eigenvalue weighted by Crippen LogP contribution is -2.35. The summed E-state index contributed by atoms with van der Waals surface area (Å²) in [6.07, 6.45) is 3.59. The standard InChI is InChI=1S/C16H23BrN2O/c1-12(20)13-4-5-16(15(17)10-13)19-9-6-14(11-19)18-7-2-3-8-18/h4-5,10,12,14,20H,2-3,6-9,11H2,1H3/t12-,14?/m1/s1. The molecule has 2 fully saturated rings. The highest BCUT2D eigenvalue weighted by atomic mass is 79.9.